The zero-order valence-corrected chi connectivity index (χ0v) is 8.04. The number of hydrogen-bond donors (Lipinski definition) is 1. The lowest BCUT2D eigenvalue weighted by Crippen LogP contribution is -1.93. The Balaban J connectivity index is 2.76. The first kappa shape index (κ1) is 8.31. The van der Waals surface area contributed by atoms with Crippen LogP contribution in [0.15, 0.2) is 11.4 Å². The molecule has 0 saturated carbocycles. The molecule has 2 aromatic rings. The Bertz CT molecular complexity index is 453. The number of thioether (sulfide) groups is 1. The van der Waals surface area contributed by atoms with Gasteiger partial charge in [-0.15, -0.1) is 5.10 Å². The Labute approximate surface area is 78.8 Å². The van der Waals surface area contributed by atoms with Crippen molar-refractivity contribution in [3.63, 3.8) is 0 Å². The smallest absolute Gasteiger partial charge is 0.241 e. The highest BCUT2D eigenvalue weighted by molar-refractivity contribution is 7.98. The van der Waals surface area contributed by atoms with Gasteiger partial charge in [0.2, 0.25) is 5.88 Å². The summed E-state index contributed by atoms with van der Waals surface area (Å²) in [6, 6.07) is 0. The molecular formula is C7H8N4OS. The maximum absolute atomic E-state index is 9.34. The van der Waals surface area contributed by atoms with Gasteiger partial charge in [0, 0.05) is 13.2 Å². The van der Waals surface area contributed by atoms with Crippen molar-refractivity contribution in [1.29, 1.82) is 0 Å². The zero-order chi connectivity index (χ0) is 9.42. The van der Waals surface area contributed by atoms with Crippen molar-refractivity contribution in [1.82, 2.24) is 19.7 Å². The maximum Gasteiger partial charge on any atom is 0.241 e. The summed E-state index contributed by atoms with van der Waals surface area (Å²) in [6.07, 6.45) is 3.48. The standard InChI is InChI=1S/C7H8N4OS/c1-11-5-4(6(12)10-11)3-8-7(9-5)13-2/h3H,1-2H3,(H,10,12). The summed E-state index contributed by atoms with van der Waals surface area (Å²) in [5, 5.41) is 14.4. The van der Waals surface area contributed by atoms with Gasteiger partial charge in [0.25, 0.3) is 0 Å². The molecule has 0 spiro atoms. The lowest BCUT2D eigenvalue weighted by atomic mass is 10.4. The molecule has 5 nitrogen and oxygen atoms in total. The molecule has 6 heteroatoms. The number of hydrogen-bond acceptors (Lipinski definition) is 5. The molecule has 0 aliphatic rings. The van der Waals surface area contributed by atoms with Crippen LogP contribution in [0.25, 0.3) is 11.0 Å². The van der Waals surface area contributed by atoms with Crippen LogP contribution in [0.2, 0.25) is 0 Å². The zero-order valence-electron chi connectivity index (χ0n) is 7.22. The molecule has 0 amide bonds. The number of fused-ring (bicyclic) bond motifs is 1. The van der Waals surface area contributed by atoms with Gasteiger partial charge in [-0.2, -0.15) is 0 Å². The summed E-state index contributed by atoms with van der Waals surface area (Å²) in [5.41, 5.74) is 0.650. The van der Waals surface area contributed by atoms with Gasteiger partial charge >= 0.3 is 0 Å². The molecule has 0 saturated heterocycles. The number of aromatic hydroxyl groups is 1. The monoisotopic (exact) mass is 196 g/mol. The van der Waals surface area contributed by atoms with Gasteiger partial charge in [0.05, 0.1) is 0 Å². The largest absolute Gasteiger partial charge is 0.492 e. The highest BCUT2D eigenvalue weighted by atomic mass is 32.2. The van der Waals surface area contributed by atoms with Crippen LogP contribution in [0.5, 0.6) is 5.88 Å². The Morgan fingerprint density at radius 2 is 2.31 bits per heavy atom. The summed E-state index contributed by atoms with van der Waals surface area (Å²) in [4.78, 5) is 8.24. The molecule has 0 fully saturated rings. The lowest BCUT2D eigenvalue weighted by molar-refractivity contribution is 0.449. The second-order valence-corrected chi connectivity index (χ2v) is 3.31. The van der Waals surface area contributed by atoms with E-state index in [1.54, 1.807) is 13.2 Å². The molecule has 68 valence electrons. The fraction of sp³-hybridized carbons (Fsp3) is 0.286. The fourth-order valence-corrected chi connectivity index (χ4v) is 1.44. The van der Waals surface area contributed by atoms with Crippen LogP contribution in [-0.2, 0) is 7.05 Å². The third kappa shape index (κ3) is 1.23. The summed E-state index contributed by atoms with van der Waals surface area (Å²) in [5.74, 6) is -0.0230. The highest BCUT2D eigenvalue weighted by Crippen LogP contribution is 2.21. The van der Waals surface area contributed by atoms with Crippen molar-refractivity contribution in [2.45, 2.75) is 5.16 Å². The minimum Gasteiger partial charge on any atom is -0.492 e. The SMILES string of the molecule is CSc1ncc2c(O)nn(C)c2n1. The predicted molar refractivity (Wildman–Crippen MR) is 49.7 cm³/mol. The molecule has 0 radical (unpaired) electrons. The third-order valence-electron chi connectivity index (χ3n) is 1.72. The number of nitrogens with zero attached hydrogens (tertiary/aromatic N) is 4. The van der Waals surface area contributed by atoms with Crippen LogP contribution in [-0.4, -0.2) is 31.1 Å². The molecule has 2 heterocycles. The van der Waals surface area contributed by atoms with E-state index in [-0.39, 0.29) is 5.88 Å². The second-order valence-electron chi connectivity index (χ2n) is 2.54. The Morgan fingerprint density at radius 1 is 1.54 bits per heavy atom. The van der Waals surface area contributed by atoms with Crippen LogP contribution in [0.4, 0.5) is 0 Å². The van der Waals surface area contributed by atoms with Crippen LogP contribution >= 0.6 is 11.8 Å². The van der Waals surface area contributed by atoms with E-state index >= 15 is 0 Å². The second kappa shape index (κ2) is 2.88. The van der Waals surface area contributed by atoms with E-state index in [2.05, 4.69) is 15.1 Å². The summed E-state index contributed by atoms with van der Waals surface area (Å²) in [7, 11) is 1.74. The van der Waals surface area contributed by atoms with E-state index in [0.29, 0.717) is 16.2 Å². The van der Waals surface area contributed by atoms with Crippen molar-refractivity contribution in [3.8, 4) is 5.88 Å². The van der Waals surface area contributed by atoms with Crippen molar-refractivity contribution in [2.24, 2.45) is 7.05 Å². The number of aromatic nitrogens is 4. The van der Waals surface area contributed by atoms with Gasteiger partial charge in [-0.05, 0) is 6.26 Å². The first-order valence-electron chi connectivity index (χ1n) is 3.65. The normalized spacial score (nSPS) is 10.9. The van der Waals surface area contributed by atoms with Gasteiger partial charge in [-0.3, -0.25) is 0 Å². The van der Waals surface area contributed by atoms with E-state index in [4.69, 9.17) is 0 Å². The Hall–Kier alpha value is -1.30. The summed E-state index contributed by atoms with van der Waals surface area (Å²) >= 11 is 1.46. The molecule has 2 aromatic heterocycles. The van der Waals surface area contributed by atoms with Gasteiger partial charge in [0.1, 0.15) is 5.39 Å². The topological polar surface area (TPSA) is 63.8 Å². The predicted octanol–water partition coefficient (Wildman–Crippen LogP) is 0.791. The molecule has 0 unspecified atom stereocenters. The number of aryl methyl sites for hydroxylation is 1. The minimum atomic E-state index is -0.0230. The van der Waals surface area contributed by atoms with E-state index in [1.807, 2.05) is 6.26 Å². The first-order valence-corrected chi connectivity index (χ1v) is 4.87. The van der Waals surface area contributed by atoms with E-state index in [9.17, 15) is 5.11 Å². The molecule has 1 N–H and O–H groups in total. The molecule has 0 aromatic carbocycles. The minimum absolute atomic E-state index is 0.0230. The van der Waals surface area contributed by atoms with E-state index < -0.39 is 0 Å². The molecule has 0 bridgehead atoms. The molecule has 2 rings (SSSR count). The first-order chi connectivity index (χ1) is 6.22. The third-order valence-corrected chi connectivity index (χ3v) is 2.28. The number of rotatable bonds is 1. The molecular weight excluding hydrogens is 188 g/mol. The average molecular weight is 196 g/mol. The van der Waals surface area contributed by atoms with Crippen molar-refractivity contribution >= 4 is 22.8 Å². The van der Waals surface area contributed by atoms with Crippen molar-refractivity contribution in [2.75, 3.05) is 6.26 Å². The van der Waals surface area contributed by atoms with Crippen LogP contribution in [0, 0.1) is 0 Å². The van der Waals surface area contributed by atoms with Gasteiger partial charge in [-0.1, -0.05) is 11.8 Å². The summed E-state index contributed by atoms with van der Waals surface area (Å²) < 4.78 is 1.53. The fourth-order valence-electron chi connectivity index (χ4n) is 1.10. The van der Waals surface area contributed by atoms with Gasteiger partial charge in [-0.25, -0.2) is 14.6 Å². The molecule has 0 atom stereocenters. The average Bonchev–Trinajstić information content (AvgIpc) is 2.42. The van der Waals surface area contributed by atoms with Crippen molar-refractivity contribution in [3.05, 3.63) is 6.20 Å². The Morgan fingerprint density at radius 3 is 3.00 bits per heavy atom. The molecule has 0 aliphatic carbocycles. The van der Waals surface area contributed by atoms with Gasteiger partial charge in [0.15, 0.2) is 10.8 Å². The van der Waals surface area contributed by atoms with Crippen LogP contribution in [0.1, 0.15) is 0 Å². The quantitative estimate of drug-likeness (QED) is 0.539. The van der Waals surface area contributed by atoms with E-state index in [0.717, 1.165) is 0 Å². The van der Waals surface area contributed by atoms with E-state index in [1.165, 1.54) is 16.4 Å². The maximum atomic E-state index is 9.34. The van der Waals surface area contributed by atoms with Gasteiger partial charge < -0.3 is 5.11 Å². The highest BCUT2D eigenvalue weighted by Gasteiger charge is 2.09. The summed E-state index contributed by atoms with van der Waals surface area (Å²) in [6.45, 7) is 0. The van der Waals surface area contributed by atoms with Crippen molar-refractivity contribution < 1.29 is 5.11 Å². The lowest BCUT2D eigenvalue weighted by Gasteiger charge is -1.94. The van der Waals surface area contributed by atoms with Crippen LogP contribution < -0.4 is 0 Å². The molecule has 13 heavy (non-hydrogen) atoms. The molecule has 0 aliphatic heterocycles. The van der Waals surface area contributed by atoms with Crippen LogP contribution in [0.3, 0.4) is 0 Å². The Kier molecular flexibility index (Phi) is 1.84.